The van der Waals surface area contributed by atoms with Gasteiger partial charge >= 0.3 is 5.69 Å². The van der Waals surface area contributed by atoms with Gasteiger partial charge < -0.3 is 10.5 Å². The number of morpholine rings is 1. The zero-order valence-corrected chi connectivity index (χ0v) is 18.5. The van der Waals surface area contributed by atoms with Crippen LogP contribution in [-0.2, 0) is 21.3 Å². The molecule has 0 aromatic carbocycles. The Morgan fingerprint density at radius 1 is 1.29 bits per heavy atom. The number of nitrogen functional groups attached to an aromatic ring is 1. The maximum atomic E-state index is 12.6. The first-order valence-corrected chi connectivity index (χ1v) is 12.0. The van der Waals surface area contributed by atoms with E-state index in [1.54, 1.807) is 0 Å². The van der Waals surface area contributed by atoms with Crippen molar-refractivity contribution in [1.82, 2.24) is 18.8 Å². The van der Waals surface area contributed by atoms with E-state index in [1.807, 2.05) is 6.92 Å². The second kappa shape index (κ2) is 9.77. The second-order valence-electron chi connectivity index (χ2n) is 6.73. The number of carbonyl (C=O) groups excluding carboxylic acids is 1. The van der Waals surface area contributed by atoms with Crippen LogP contribution in [0.15, 0.2) is 37.8 Å². The van der Waals surface area contributed by atoms with Gasteiger partial charge in [-0.1, -0.05) is 18.7 Å². The molecule has 2 aromatic rings. The highest BCUT2D eigenvalue weighted by Gasteiger charge is 2.26. The highest BCUT2D eigenvalue weighted by Crippen LogP contribution is 2.21. The molecule has 0 unspecified atom stereocenters. The smallest absolute Gasteiger partial charge is 0.329 e. The number of pyridine rings is 1. The van der Waals surface area contributed by atoms with E-state index in [2.05, 4.69) is 9.97 Å². The summed E-state index contributed by atoms with van der Waals surface area (Å²) in [7, 11) is -3.66. The predicted octanol–water partition coefficient (Wildman–Crippen LogP) is -0.0803. The number of hydrogen-bond donors (Lipinski definition) is 2. The molecule has 31 heavy (non-hydrogen) atoms. The molecule has 13 heteroatoms. The Bertz CT molecular complexity index is 1170. The average molecular weight is 470 g/mol. The van der Waals surface area contributed by atoms with Crippen LogP contribution in [-0.4, -0.2) is 65.1 Å². The van der Waals surface area contributed by atoms with Gasteiger partial charge in [0.05, 0.1) is 24.0 Å². The Hall–Kier alpha value is -2.48. The third-order valence-corrected chi connectivity index (χ3v) is 7.46. The van der Waals surface area contributed by atoms with Crippen molar-refractivity contribution in [1.29, 1.82) is 0 Å². The van der Waals surface area contributed by atoms with Crippen molar-refractivity contribution in [2.24, 2.45) is 0 Å². The number of ether oxygens (including phenoxy) is 1. The Kier molecular flexibility index (Phi) is 7.30. The zero-order chi connectivity index (χ0) is 22.6. The number of nitrogens with two attached hydrogens (primary N) is 1. The van der Waals surface area contributed by atoms with Gasteiger partial charge in [0.15, 0.2) is 5.78 Å². The van der Waals surface area contributed by atoms with E-state index in [0.717, 1.165) is 16.3 Å². The van der Waals surface area contributed by atoms with Gasteiger partial charge in [0.25, 0.3) is 5.56 Å². The van der Waals surface area contributed by atoms with Crippen molar-refractivity contribution in [3.05, 3.63) is 44.7 Å². The summed E-state index contributed by atoms with van der Waals surface area (Å²) in [6.07, 6.45) is 1.84. The molecule has 1 aliphatic rings. The normalized spacial score (nSPS) is 15.1. The first-order chi connectivity index (χ1) is 14.8. The van der Waals surface area contributed by atoms with Crippen LogP contribution in [0, 0.1) is 0 Å². The lowest BCUT2D eigenvalue weighted by atomic mass is 10.2. The number of rotatable bonds is 8. The topological polar surface area (TPSA) is 157 Å². The fraction of sp³-hybridized carbons (Fsp3) is 0.444. The van der Waals surface area contributed by atoms with Crippen molar-refractivity contribution in [2.75, 3.05) is 37.8 Å². The number of ketones is 1. The predicted molar refractivity (Wildman–Crippen MR) is 115 cm³/mol. The molecule has 0 bridgehead atoms. The number of hydrogen-bond acceptors (Lipinski definition) is 9. The van der Waals surface area contributed by atoms with Gasteiger partial charge in [-0.3, -0.25) is 19.1 Å². The quantitative estimate of drug-likeness (QED) is 0.398. The molecule has 2 aromatic heterocycles. The van der Waals surface area contributed by atoms with Crippen LogP contribution in [0.1, 0.15) is 23.7 Å². The van der Waals surface area contributed by atoms with Gasteiger partial charge in [-0.15, -0.1) is 0 Å². The molecule has 0 aliphatic carbocycles. The first kappa shape index (κ1) is 23.2. The summed E-state index contributed by atoms with van der Waals surface area (Å²) in [6, 6.07) is 2.92. The van der Waals surface area contributed by atoms with Crippen molar-refractivity contribution in [2.45, 2.75) is 29.8 Å². The Labute approximate surface area is 182 Å². The highest BCUT2D eigenvalue weighted by molar-refractivity contribution is 7.99. The van der Waals surface area contributed by atoms with Crippen molar-refractivity contribution < 1.29 is 17.9 Å². The Morgan fingerprint density at radius 3 is 2.61 bits per heavy atom. The van der Waals surface area contributed by atoms with Gasteiger partial charge in [0, 0.05) is 25.8 Å². The monoisotopic (exact) mass is 469 g/mol. The summed E-state index contributed by atoms with van der Waals surface area (Å²) in [5.74, 6) is -0.873. The SMILES string of the molecule is CCCn1c(N)c(C(=O)CSc2ccc(S(=O)(=O)N3CCOCC3)cn2)c(=O)[nH]c1=O. The third kappa shape index (κ3) is 5.06. The standard InChI is InChI=1S/C18H23N5O6S2/c1-2-5-23-16(19)15(17(25)21-18(23)26)13(24)11-30-14-4-3-12(10-20-14)31(27,28)22-6-8-29-9-7-22/h3-4,10H,2,5-9,11,19H2,1H3,(H,21,25,26). The summed E-state index contributed by atoms with van der Waals surface area (Å²) < 4.78 is 32.9. The van der Waals surface area contributed by atoms with Crippen molar-refractivity contribution in [3.8, 4) is 0 Å². The summed E-state index contributed by atoms with van der Waals surface area (Å²) in [5.41, 5.74) is 4.13. The molecule has 0 spiro atoms. The zero-order valence-electron chi connectivity index (χ0n) is 16.9. The minimum absolute atomic E-state index is 0.0532. The maximum absolute atomic E-state index is 12.6. The number of anilines is 1. The third-order valence-electron chi connectivity index (χ3n) is 4.63. The average Bonchev–Trinajstić information content (AvgIpc) is 2.76. The minimum Gasteiger partial charge on any atom is -0.384 e. The van der Waals surface area contributed by atoms with E-state index in [4.69, 9.17) is 10.5 Å². The van der Waals surface area contributed by atoms with E-state index in [1.165, 1.54) is 22.6 Å². The number of nitrogens with zero attached hydrogens (tertiary/aromatic N) is 3. The van der Waals surface area contributed by atoms with E-state index in [-0.39, 0.29) is 41.7 Å². The van der Waals surface area contributed by atoms with Crippen LogP contribution in [0.5, 0.6) is 0 Å². The molecule has 0 amide bonds. The van der Waals surface area contributed by atoms with Gasteiger partial charge in [-0.25, -0.2) is 18.2 Å². The number of thioether (sulfide) groups is 1. The summed E-state index contributed by atoms with van der Waals surface area (Å²) in [5, 5.41) is 0.408. The molecule has 3 N–H and O–H groups in total. The van der Waals surface area contributed by atoms with Crippen LogP contribution in [0.2, 0.25) is 0 Å². The van der Waals surface area contributed by atoms with E-state index < -0.39 is 27.1 Å². The molecular formula is C18H23N5O6S2. The molecule has 3 heterocycles. The van der Waals surface area contributed by atoms with Crippen molar-refractivity contribution in [3.63, 3.8) is 0 Å². The number of aromatic nitrogens is 3. The summed E-state index contributed by atoms with van der Waals surface area (Å²) in [6.45, 7) is 3.36. The second-order valence-corrected chi connectivity index (χ2v) is 9.67. The molecule has 1 saturated heterocycles. The van der Waals surface area contributed by atoms with E-state index in [0.29, 0.717) is 24.7 Å². The van der Waals surface area contributed by atoms with Crippen LogP contribution < -0.4 is 17.0 Å². The number of aromatic amines is 1. The van der Waals surface area contributed by atoms with Gasteiger partial charge in [-0.2, -0.15) is 4.31 Å². The minimum atomic E-state index is -3.66. The van der Waals surface area contributed by atoms with Gasteiger partial charge in [0.2, 0.25) is 10.0 Å². The number of H-pyrrole nitrogens is 1. The molecule has 168 valence electrons. The molecule has 0 radical (unpaired) electrons. The molecule has 0 saturated carbocycles. The molecule has 11 nitrogen and oxygen atoms in total. The fourth-order valence-corrected chi connectivity index (χ4v) is 5.12. The lowest BCUT2D eigenvalue weighted by Crippen LogP contribution is -2.40. The largest absolute Gasteiger partial charge is 0.384 e. The number of carbonyl (C=O) groups is 1. The van der Waals surface area contributed by atoms with Crippen LogP contribution in [0.25, 0.3) is 0 Å². The fourth-order valence-electron chi connectivity index (χ4n) is 3.06. The molecular weight excluding hydrogens is 446 g/mol. The molecule has 0 atom stereocenters. The maximum Gasteiger partial charge on any atom is 0.329 e. The lowest BCUT2D eigenvalue weighted by Gasteiger charge is -2.25. The van der Waals surface area contributed by atoms with Crippen LogP contribution >= 0.6 is 11.8 Å². The molecule has 3 rings (SSSR count). The van der Waals surface area contributed by atoms with Gasteiger partial charge in [0.1, 0.15) is 16.3 Å². The van der Waals surface area contributed by atoms with Crippen LogP contribution in [0.3, 0.4) is 0 Å². The number of nitrogens with one attached hydrogen (secondary N) is 1. The highest BCUT2D eigenvalue weighted by atomic mass is 32.2. The number of Topliss-reactive ketones (excluding diaryl/α,β-unsaturated/α-hetero) is 1. The first-order valence-electron chi connectivity index (χ1n) is 9.58. The van der Waals surface area contributed by atoms with Gasteiger partial charge in [-0.05, 0) is 18.6 Å². The lowest BCUT2D eigenvalue weighted by molar-refractivity contribution is 0.0730. The summed E-state index contributed by atoms with van der Waals surface area (Å²) >= 11 is 1.03. The Balaban J connectivity index is 1.72. The van der Waals surface area contributed by atoms with E-state index in [9.17, 15) is 22.8 Å². The molecule has 1 aliphatic heterocycles. The summed E-state index contributed by atoms with van der Waals surface area (Å²) in [4.78, 5) is 42.8. The molecule has 1 fully saturated rings. The van der Waals surface area contributed by atoms with Crippen LogP contribution in [0.4, 0.5) is 5.82 Å². The Morgan fingerprint density at radius 2 is 2.00 bits per heavy atom. The van der Waals surface area contributed by atoms with E-state index >= 15 is 0 Å². The van der Waals surface area contributed by atoms with Crippen molar-refractivity contribution >= 4 is 33.4 Å². The number of sulfonamides is 1.